The van der Waals surface area contributed by atoms with E-state index in [9.17, 15) is 0 Å². The molecule has 0 amide bonds. The summed E-state index contributed by atoms with van der Waals surface area (Å²) in [7, 11) is 0. The molecular formula is C7H8O2S. The van der Waals surface area contributed by atoms with Gasteiger partial charge in [-0.1, -0.05) is 0 Å². The lowest BCUT2D eigenvalue weighted by atomic mass is 10.5. The zero-order valence-corrected chi connectivity index (χ0v) is 6.26. The molecule has 1 unspecified atom stereocenters. The maximum atomic E-state index is 5.37. The van der Waals surface area contributed by atoms with E-state index in [1.54, 1.807) is 18.0 Å². The standard InChI is InChI=1S/C7H8O2S/c1-2-6(8-3-1)7-9-4-5-10-7/h1-3,7H,4-5H2. The zero-order chi connectivity index (χ0) is 6.81. The molecule has 0 aliphatic carbocycles. The average molecular weight is 156 g/mol. The molecule has 1 aliphatic rings. The van der Waals surface area contributed by atoms with Gasteiger partial charge in [0.2, 0.25) is 0 Å². The SMILES string of the molecule is c1coc(C2OCCS2)c1. The Labute approximate surface area is 63.6 Å². The lowest BCUT2D eigenvalue weighted by Crippen LogP contribution is -1.89. The summed E-state index contributed by atoms with van der Waals surface area (Å²) in [5, 5.41) is 0. The lowest BCUT2D eigenvalue weighted by Gasteiger charge is -2.02. The van der Waals surface area contributed by atoms with Crippen molar-refractivity contribution >= 4 is 11.8 Å². The summed E-state index contributed by atoms with van der Waals surface area (Å²) in [5.41, 5.74) is 0.148. The second-order valence-electron chi connectivity index (χ2n) is 2.09. The number of furan rings is 1. The minimum atomic E-state index is 0.148. The quantitative estimate of drug-likeness (QED) is 0.621. The first-order valence-electron chi connectivity index (χ1n) is 3.23. The van der Waals surface area contributed by atoms with Crippen molar-refractivity contribution in [3.05, 3.63) is 24.2 Å². The Kier molecular flexibility index (Phi) is 1.69. The first-order valence-corrected chi connectivity index (χ1v) is 4.28. The molecule has 0 saturated carbocycles. The van der Waals surface area contributed by atoms with Gasteiger partial charge in [-0.25, -0.2) is 0 Å². The molecule has 0 radical (unpaired) electrons. The smallest absolute Gasteiger partial charge is 0.161 e. The van der Waals surface area contributed by atoms with E-state index in [0.717, 1.165) is 18.1 Å². The summed E-state index contributed by atoms with van der Waals surface area (Å²) in [6.45, 7) is 0.843. The van der Waals surface area contributed by atoms with Gasteiger partial charge in [-0.3, -0.25) is 0 Å². The second-order valence-corrected chi connectivity index (χ2v) is 3.26. The van der Waals surface area contributed by atoms with Crippen molar-refractivity contribution in [3.63, 3.8) is 0 Å². The van der Waals surface area contributed by atoms with Crippen LogP contribution >= 0.6 is 11.8 Å². The highest BCUT2D eigenvalue weighted by Crippen LogP contribution is 2.34. The molecule has 1 fully saturated rings. The molecular weight excluding hydrogens is 148 g/mol. The molecule has 0 N–H and O–H groups in total. The molecule has 54 valence electrons. The van der Waals surface area contributed by atoms with Crippen molar-refractivity contribution in [1.82, 2.24) is 0 Å². The molecule has 1 aliphatic heterocycles. The third-order valence-electron chi connectivity index (χ3n) is 1.40. The Bertz CT molecular complexity index is 189. The summed E-state index contributed by atoms with van der Waals surface area (Å²) in [5.74, 6) is 2.01. The Morgan fingerprint density at radius 1 is 1.60 bits per heavy atom. The third-order valence-corrected chi connectivity index (χ3v) is 2.47. The van der Waals surface area contributed by atoms with E-state index in [0.29, 0.717) is 0 Å². The van der Waals surface area contributed by atoms with Gasteiger partial charge in [-0.15, -0.1) is 11.8 Å². The van der Waals surface area contributed by atoms with Gasteiger partial charge in [-0.05, 0) is 12.1 Å². The van der Waals surface area contributed by atoms with E-state index in [4.69, 9.17) is 9.15 Å². The van der Waals surface area contributed by atoms with Crippen LogP contribution in [0.1, 0.15) is 11.2 Å². The molecule has 1 saturated heterocycles. The molecule has 2 heterocycles. The van der Waals surface area contributed by atoms with Crippen molar-refractivity contribution in [3.8, 4) is 0 Å². The van der Waals surface area contributed by atoms with Crippen molar-refractivity contribution in [2.24, 2.45) is 0 Å². The molecule has 0 spiro atoms. The minimum Gasteiger partial charge on any atom is -0.466 e. The fraction of sp³-hybridized carbons (Fsp3) is 0.429. The summed E-state index contributed by atoms with van der Waals surface area (Å²) in [6.07, 6.45) is 1.68. The molecule has 1 aromatic rings. The molecule has 2 nitrogen and oxygen atoms in total. The van der Waals surface area contributed by atoms with E-state index >= 15 is 0 Å². The Balaban J connectivity index is 2.12. The van der Waals surface area contributed by atoms with Crippen LogP contribution in [0.5, 0.6) is 0 Å². The summed E-state index contributed by atoms with van der Waals surface area (Å²) < 4.78 is 10.5. The fourth-order valence-corrected chi connectivity index (χ4v) is 1.85. The Hall–Kier alpha value is -0.410. The first kappa shape index (κ1) is 6.31. The predicted molar refractivity (Wildman–Crippen MR) is 39.9 cm³/mol. The summed E-state index contributed by atoms with van der Waals surface area (Å²) in [6, 6.07) is 3.83. The third kappa shape index (κ3) is 1.07. The van der Waals surface area contributed by atoms with E-state index < -0.39 is 0 Å². The highest BCUT2D eigenvalue weighted by Gasteiger charge is 2.19. The van der Waals surface area contributed by atoms with Gasteiger partial charge < -0.3 is 9.15 Å². The minimum absolute atomic E-state index is 0.148. The molecule has 2 rings (SSSR count). The molecule has 1 aromatic heterocycles. The highest BCUT2D eigenvalue weighted by molar-refractivity contribution is 7.99. The zero-order valence-electron chi connectivity index (χ0n) is 5.45. The van der Waals surface area contributed by atoms with Crippen LogP contribution in [0.2, 0.25) is 0 Å². The van der Waals surface area contributed by atoms with E-state index in [2.05, 4.69) is 0 Å². The topological polar surface area (TPSA) is 22.4 Å². The monoisotopic (exact) mass is 156 g/mol. The van der Waals surface area contributed by atoms with Crippen LogP contribution in [0.25, 0.3) is 0 Å². The van der Waals surface area contributed by atoms with Gasteiger partial charge >= 0.3 is 0 Å². The number of hydrogen-bond acceptors (Lipinski definition) is 3. The van der Waals surface area contributed by atoms with Crippen molar-refractivity contribution < 1.29 is 9.15 Å². The van der Waals surface area contributed by atoms with Crippen LogP contribution in [0.4, 0.5) is 0 Å². The average Bonchev–Trinajstić information content (AvgIpc) is 2.59. The van der Waals surface area contributed by atoms with E-state index in [1.165, 1.54) is 0 Å². The second kappa shape index (κ2) is 2.68. The van der Waals surface area contributed by atoms with Crippen LogP contribution in [0.15, 0.2) is 22.8 Å². The summed E-state index contributed by atoms with van der Waals surface area (Å²) in [4.78, 5) is 0. The maximum Gasteiger partial charge on any atom is 0.161 e. The maximum absolute atomic E-state index is 5.37. The van der Waals surface area contributed by atoms with Gasteiger partial charge in [0.1, 0.15) is 5.76 Å². The number of ether oxygens (including phenoxy) is 1. The summed E-state index contributed by atoms with van der Waals surface area (Å²) >= 11 is 1.78. The molecule has 10 heavy (non-hydrogen) atoms. The van der Waals surface area contributed by atoms with Crippen LogP contribution < -0.4 is 0 Å². The van der Waals surface area contributed by atoms with Crippen molar-refractivity contribution in [2.75, 3.05) is 12.4 Å². The molecule has 3 heteroatoms. The van der Waals surface area contributed by atoms with Gasteiger partial charge in [0.25, 0.3) is 0 Å². The van der Waals surface area contributed by atoms with Crippen LogP contribution in [-0.2, 0) is 4.74 Å². The van der Waals surface area contributed by atoms with Crippen molar-refractivity contribution in [1.29, 1.82) is 0 Å². The van der Waals surface area contributed by atoms with Gasteiger partial charge in [-0.2, -0.15) is 0 Å². The number of thioether (sulfide) groups is 1. The lowest BCUT2D eigenvalue weighted by molar-refractivity contribution is 0.128. The van der Waals surface area contributed by atoms with Crippen LogP contribution in [-0.4, -0.2) is 12.4 Å². The molecule has 0 bridgehead atoms. The Morgan fingerprint density at radius 2 is 2.60 bits per heavy atom. The largest absolute Gasteiger partial charge is 0.466 e. The normalized spacial score (nSPS) is 25.4. The molecule has 0 aromatic carbocycles. The van der Waals surface area contributed by atoms with Gasteiger partial charge in [0.05, 0.1) is 12.9 Å². The number of rotatable bonds is 1. The van der Waals surface area contributed by atoms with Gasteiger partial charge in [0.15, 0.2) is 5.44 Å². The van der Waals surface area contributed by atoms with Gasteiger partial charge in [0, 0.05) is 5.75 Å². The van der Waals surface area contributed by atoms with Crippen molar-refractivity contribution in [2.45, 2.75) is 5.44 Å². The highest BCUT2D eigenvalue weighted by atomic mass is 32.2. The molecule has 1 atom stereocenters. The fourth-order valence-electron chi connectivity index (χ4n) is 0.948. The Morgan fingerprint density at radius 3 is 3.20 bits per heavy atom. The first-order chi connectivity index (χ1) is 4.97. The van der Waals surface area contributed by atoms with Crippen LogP contribution in [0, 0.1) is 0 Å². The number of hydrogen-bond donors (Lipinski definition) is 0. The van der Waals surface area contributed by atoms with E-state index in [1.807, 2.05) is 12.1 Å². The van der Waals surface area contributed by atoms with Crippen LogP contribution in [0.3, 0.4) is 0 Å². The predicted octanol–water partition coefficient (Wildman–Crippen LogP) is 2.04. The van der Waals surface area contributed by atoms with E-state index in [-0.39, 0.29) is 5.44 Å².